The van der Waals surface area contributed by atoms with Gasteiger partial charge >= 0.3 is 0 Å². The van der Waals surface area contributed by atoms with E-state index in [1.54, 1.807) is 0 Å². The van der Waals surface area contributed by atoms with Crippen molar-refractivity contribution in [1.82, 2.24) is 6.23 Å². The van der Waals surface area contributed by atoms with Crippen LogP contribution in [0.15, 0.2) is 0 Å². The van der Waals surface area contributed by atoms with Crippen LogP contribution in [-0.2, 0) is 0 Å². The maximum atomic E-state index is 2.42. The fourth-order valence-electron chi connectivity index (χ4n) is 1.05. The van der Waals surface area contributed by atoms with Gasteiger partial charge in [-0.1, -0.05) is 0 Å². The van der Waals surface area contributed by atoms with Crippen LogP contribution in [0, 0.1) is 0 Å². The molecule has 4 heteroatoms. The minimum Gasteiger partial charge on any atom is -0.247 e. The number of hydrogen-bond donors (Lipinski definition) is 0. The summed E-state index contributed by atoms with van der Waals surface area (Å²) >= 11 is 4.84. The molecule has 60 valence electrons. The summed E-state index contributed by atoms with van der Waals surface area (Å²) in [5.41, 5.74) is 0. The Labute approximate surface area is 90.3 Å². The Hall–Kier alpha value is 1.38. The zero-order valence-corrected chi connectivity index (χ0v) is 10.2. The molecule has 0 aromatic carbocycles. The maximum Gasteiger partial charge on any atom is 0.0201 e. The van der Waals surface area contributed by atoms with Crippen LogP contribution in [0.2, 0.25) is 0 Å². The molecule has 0 spiro atoms. The van der Waals surface area contributed by atoms with E-state index in [0.717, 1.165) is 0 Å². The van der Waals surface area contributed by atoms with Crippen LogP contribution in [0.4, 0.5) is 0 Å². The van der Waals surface area contributed by atoms with Crippen LogP contribution < -0.4 is 0 Å². The molecule has 0 amide bonds. The Morgan fingerprint density at radius 3 is 1.30 bits per heavy atom. The molecule has 1 saturated heterocycles. The molecule has 0 radical (unpaired) electrons. The lowest BCUT2D eigenvalue weighted by molar-refractivity contribution is 0.376. The first-order valence-corrected chi connectivity index (χ1v) is 5.53. The summed E-state index contributed by atoms with van der Waals surface area (Å²) in [7, 11) is 0. The van der Waals surface area contributed by atoms with E-state index in [1.165, 1.54) is 39.0 Å². The van der Waals surface area contributed by atoms with Crippen molar-refractivity contribution in [3.63, 3.8) is 0 Å². The van der Waals surface area contributed by atoms with E-state index in [4.69, 9.17) is 0 Å². The summed E-state index contributed by atoms with van der Waals surface area (Å²) in [5, 5.41) is 0. The van der Waals surface area contributed by atoms with Gasteiger partial charge in [0.25, 0.3) is 0 Å². The van der Waals surface area contributed by atoms with E-state index in [9.17, 15) is 0 Å². The Morgan fingerprint density at radius 2 is 1.00 bits per heavy atom. The Kier molecular flexibility index (Phi) is 4.83. The van der Waals surface area contributed by atoms with Crippen LogP contribution in [0.1, 0.15) is 12.8 Å². The SMILES string of the molecule is IN1CCCN(I)CCC1. The molecule has 10 heavy (non-hydrogen) atoms. The summed E-state index contributed by atoms with van der Waals surface area (Å²) in [6, 6.07) is 0. The van der Waals surface area contributed by atoms with Crippen molar-refractivity contribution in [3.8, 4) is 0 Å². The summed E-state index contributed by atoms with van der Waals surface area (Å²) in [6.45, 7) is 5.00. The number of nitrogens with zero attached hydrogens (tertiary/aromatic N) is 2. The van der Waals surface area contributed by atoms with Crippen LogP contribution >= 0.6 is 45.7 Å². The molecule has 1 aliphatic heterocycles. The van der Waals surface area contributed by atoms with E-state index in [2.05, 4.69) is 52.0 Å². The van der Waals surface area contributed by atoms with Crippen molar-refractivity contribution in [2.75, 3.05) is 26.2 Å². The summed E-state index contributed by atoms with van der Waals surface area (Å²) < 4.78 is 4.78. The predicted molar refractivity (Wildman–Crippen MR) is 60.4 cm³/mol. The average Bonchev–Trinajstić information content (AvgIpc) is 1.84. The first-order valence-electron chi connectivity index (χ1n) is 3.60. The van der Waals surface area contributed by atoms with Crippen LogP contribution in [-0.4, -0.2) is 32.4 Å². The third kappa shape index (κ3) is 3.68. The number of hydrogen-bond acceptors (Lipinski definition) is 2. The molecule has 0 aromatic heterocycles. The van der Waals surface area contributed by atoms with Crippen molar-refractivity contribution in [3.05, 3.63) is 0 Å². The highest BCUT2D eigenvalue weighted by Crippen LogP contribution is 2.10. The van der Waals surface area contributed by atoms with Gasteiger partial charge in [-0.2, -0.15) is 0 Å². The highest BCUT2D eigenvalue weighted by atomic mass is 127. The third-order valence-electron chi connectivity index (χ3n) is 1.60. The molecular weight excluding hydrogens is 354 g/mol. The Balaban J connectivity index is 2.21. The average molecular weight is 366 g/mol. The summed E-state index contributed by atoms with van der Waals surface area (Å²) in [4.78, 5) is 0. The normalized spacial score (nSPS) is 25.8. The fraction of sp³-hybridized carbons (Fsp3) is 1.00. The smallest absolute Gasteiger partial charge is 0.0201 e. The van der Waals surface area contributed by atoms with Crippen molar-refractivity contribution < 1.29 is 0 Å². The van der Waals surface area contributed by atoms with Gasteiger partial charge in [0.2, 0.25) is 0 Å². The van der Waals surface area contributed by atoms with E-state index >= 15 is 0 Å². The van der Waals surface area contributed by atoms with Gasteiger partial charge < -0.3 is 0 Å². The molecule has 1 heterocycles. The molecule has 0 atom stereocenters. The van der Waals surface area contributed by atoms with Crippen molar-refractivity contribution in [2.24, 2.45) is 0 Å². The second-order valence-corrected chi connectivity index (χ2v) is 5.26. The highest BCUT2D eigenvalue weighted by Gasteiger charge is 2.07. The van der Waals surface area contributed by atoms with Gasteiger partial charge in [0.15, 0.2) is 0 Å². The number of halogens is 2. The molecular formula is C6H12I2N2. The molecule has 0 aromatic rings. The monoisotopic (exact) mass is 366 g/mol. The second-order valence-electron chi connectivity index (χ2n) is 2.53. The fourth-order valence-corrected chi connectivity index (χ4v) is 2.42. The Bertz CT molecular complexity index is 79.7. The van der Waals surface area contributed by atoms with Crippen LogP contribution in [0.5, 0.6) is 0 Å². The Morgan fingerprint density at radius 1 is 0.700 bits per heavy atom. The van der Waals surface area contributed by atoms with Gasteiger partial charge in [-0.3, -0.25) is 0 Å². The van der Waals surface area contributed by atoms with Gasteiger partial charge in [0.1, 0.15) is 0 Å². The van der Waals surface area contributed by atoms with Crippen LogP contribution in [0.3, 0.4) is 0 Å². The third-order valence-corrected chi connectivity index (χ3v) is 3.53. The first-order chi connectivity index (χ1) is 4.79. The quantitative estimate of drug-likeness (QED) is 0.479. The molecule has 1 rings (SSSR count). The summed E-state index contributed by atoms with van der Waals surface area (Å²) in [6.07, 6.45) is 2.62. The largest absolute Gasteiger partial charge is 0.247 e. The zero-order chi connectivity index (χ0) is 7.40. The van der Waals surface area contributed by atoms with E-state index in [0.29, 0.717) is 0 Å². The minimum atomic E-state index is 1.25. The zero-order valence-electron chi connectivity index (χ0n) is 5.89. The lowest BCUT2D eigenvalue weighted by Gasteiger charge is -2.22. The molecule has 0 aliphatic carbocycles. The lowest BCUT2D eigenvalue weighted by Crippen LogP contribution is -2.26. The van der Waals surface area contributed by atoms with Gasteiger partial charge in [0.05, 0.1) is 0 Å². The van der Waals surface area contributed by atoms with Crippen molar-refractivity contribution >= 4 is 45.7 Å². The van der Waals surface area contributed by atoms with Gasteiger partial charge in [-0.15, -0.1) is 0 Å². The maximum absolute atomic E-state index is 2.42. The van der Waals surface area contributed by atoms with Crippen molar-refractivity contribution in [1.29, 1.82) is 0 Å². The number of rotatable bonds is 0. The van der Waals surface area contributed by atoms with E-state index < -0.39 is 0 Å². The first kappa shape index (κ1) is 9.47. The predicted octanol–water partition coefficient (Wildman–Crippen LogP) is 2.08. The van der Waals surface area contributed by atoms with Crippen LogP contribution in [0.25, 0.3) is 0 Å². The van der Waals surface area contributed by atoms with E-state index in [-0.39, 0.29) is 0 Å². The van der Waals surface area contributed by atoms with E-state index in [1.807, 2.05) is 0 Å². The molecule has 2 nitrogen and oxygen atoms in total. The molecule has 0 unspecified atom stereocenters. The second kappa shape index (κ2) is 5.10. The molecule has 0 N–H and O–H groups in total. The molecule has 1 fully saturated rings. The highest BCUT2D eigenvalue weighted by molar-refractivity contribution is 14.1. The standard InChI is InChI=1S/C6H12I2N2/c7-9-3-1-4-10(8)6-2-5-9/h1-6H2. The van der Waals surface area contributed by atoms with Gasteiger partial charge in [-0.25, -0.2) is 6.23 Å². The summed E-state index contributed by atoms with van der Waals surface area (Å²) in [5.74, 6) is 0. The lowest BCUT2D eigenvalue weighted by atomic mass is 10.3. The minimum absolute atomic E-state index is 1.25. The molecule has 0 saturated carbocycles. The van der Waals surface area contributed by atoms with Crippen molar-refractivity contribution in [2.45, 2.75) is 12.8 Å². The molecule has 1 aliphatic rings. The molecule has 0 bridgehead atoms. The topological polar surface area (TPSA) is 6.48 Å². The van der Waals surface area contributed by atoms with Gasteiger partial charge in [-0.05, 0) is 12.8 Å². The van der Waals surface area contributed by atoms with Gasteiger partial charge in [0, 0.05) is 71.9 Å².